The van der Waals surface area contributed by atoms with Crippen LogP contribution in [0, 0.1) is 5.92 Å². The van der Waals surface area contributed by atoms with E-state index in [4.69, 9.17) is 0 Å². The van der Waals surface area contributed by atoms with Crippen LogP contribution >= 0.6 is 0 Å². The first-order valence-electron chi connectivity index (χ1n) is 3.37. The number of allylic oxidation sites excluding steroid dienone is 2. The van der Waals surface area contributed by atoms with E-state index in [2.05, 4.69) is 13.2 Å². The summed E-state index contributed by atoms with van der Waals surface area (Å²) < 4.78 is 0. The van der Waals surface area contributed by atoms with Crippen molar-refractivity contribution in [2.45, 2.75) is 13.3 Å². The molecule has 0 aliphatic heterocycles. The molecule has 60 valence electrons. The fourth-order valence-electron chi connectivity index (χ4n) is 0.736. The third-order valence-electron chi connectivity index (χ3n) is 1.36. The van der Waals surface area contributed by atoms with Gasteiger partial charge in [0, 0.05) is 6.42 Å². The number of hydrogen-bond acceptors (Lipinski definition) is 2. The molecule has 0 aliphatic carbocycles. The van der Waals surface area contributed by atoms with Gasteiger partial charge in [0.05, 0.1) is 5.92 Å². The topological polar surface area (TPSA) is 34.1 Å². The summed E-state index contributed by atoms with van der Waals surface area (Å²) in [5.74, 6) is -0.782. The minimum absolute atomic E-state index is 0.137. The third-order valence-corrected chi connectivity index (χ3v) is 1.36. The van der Waals surface area contributed by atoms with Gasteiger partial charge in [0.25, 0.3) is 0 Å². The highest BCUT2D eigenvalue weighted by molar-refractivity contribution is 5.96. The predicted octanol–water partition coefficient (Wildman–Crippen LogP) is 1.52. The van der Waals surface area contributed by atoms with Crippen LogP contribution in [0.25, 0.3) is 0 Å². The lowest BCUT2D eigenvalue weighted by Gasteiger charge is -2.05. The SMILES string of the molecule is C=CCC(=O)C(C=O)C(=C)C. The quantitative estimate of drug-likeness (QED) is 0.340. The van der Waals surface area contributed by atoms with Gasteiger partial charge in [0.2, 0.25) is 0 Å². The predicted molar refractivity (Wildman–Crippen MR) is 44.2 cm³/mol. The molecular formula is C9H12O2. The first-order valence-corrected chi connectivity index (χ1v) is 3.37. The fourth-order valence-corrected chi connectivity index (χ4v) is 0.736. The number of carbonyl (C=O) groups is 2. The minimum atomic E-state index is -0.645. The van der Waals surface area contributed by atoms with Gasteiger partial charge in [-0.3, -0.25) is 4.79 Å². The smallest absolute Gasteiger partial charge is 0.150 e. The Balaban J connectivity index is 4.25. The molecule has 0 radical (unpaired) electrons. The largest absolute Gasteiger partial charge is 0.302 e. The van der Waals surface area contributed by atoms with Crippen molar-refractivity contribution >= 4 is 12.1 Å². The standard InChI is InChI=1S/C9H12O2/c1-4-5-9(11)8(6-10)7(2)3/h4,6,8H,1-2,5H2,3H3. The highest BCUT2D eigenvalue weighted by Gasteiger charge is 2.15. The second-order valence-electron chi connectivity index (χ2n) is 2.42. The maximum absolute atomic E-state index is 11.1. The molecule has 0 aliphatic rings. The molecule has 1 atom stereocenters. The molecule has 0 heterocycles. The number of aldehydes is 1. The second kappa shape index (κ2) is 4.61. The van der Waals surface area contributed by atoms with Crippen molar-refractivity contribution in [3.63, 3.8) is 0 Å². The van der Waals surface area contributed by atoms with Gasteiger partial charge in [0.1, 0.15) is 6.29 Å². The van der Waals surface area contributed by atoms with Gasteiger partial charge in [-0.15, -0.1) is 6.58 Å². The number of rotatable bonds is 5. The van der Waals surface area contributed by atoms with Crippen molar-refractivity contribution in [3.05, 3.63) is 24.8 Å². The molecule has 0 bridgehead atoms. The van der Waals surface area contributed by atoms with Gasteiger partial charge in [-0.2, -0.15) is 0 Å². The molecule has 0 aromatic heterocycles. The van der Waals surface area contributed by atoms with Crippen LogP contribution in [0.2, 0.25) is 0 Å². The summed E-state index contributed by atoms with van der Waals surface area (Å²) in [6, 6.07) is 0. The molecule has 0 saturated carbocycles. The molecule has 0 N–H and O–H groups in total. The molecule has 0 spiro atoms. The summed E-state index contributed by atoms with van der Waals surface area (Å²) >= 11 is 0. The monoisotopic (exact) mass is 152 g/mol. The van der Waals surface area contributed by atoms with Crippen LogP contribution in [0.4, 0.5) is 0 Å². The van der Waals surface area contributed by atoms with Gasteiger partial charge < -0.3 is 4.79 Å². The van der Waals surface area contributed by atoms with E-state index in [9.17, 15) is 9.59 Å². The van der Waals surface area contributed by atoms with Crippen LogP contribution in [0.5, 0.6) is 0 Å². The van der Waals surface area contributed by atoms with Crippen molar-refractivity contribution in [2.75, 3.05) is 0 Å². The Morgan fingerprint density at radius 2 is 2.18 bits per heavy atom. The second-order valence-corrected chi connectivity index (χ2v) is 2.42. The van der Waals surface area contributed by atoms with Crippen molar-refractivity contribution < 1.29 is 9.59 Å². The van der Waals surface area contributed by atoms with Gasteiger partial charge in [-0.1, -0.05) is 18.2 Å². The lowest BCUT2D eigenvalue weighted by molar-refractivity contribution is -0.125. The Kier molecular flexibility index (Phi) is 4.11. The molecule has 1 unspecified atom stereocenters. The third kappa shape index (κ3) is 2.94. The van der Waals surface area contributed by atoms with Crippen molar-refractivity contribution in [3.8, 4) is 0 Å². The van der Waals surface area contributed by atoms with Crippen molar-refractivity contribution in [1.29, 1.82) is 0 Å². The van der Waals surface area contributed by atoms with E-state index < -0.39 is 5.92 Å². The maximum Gasteiger partial charge on any atom is 0.150 e. The van der Waals surface area contributed by atoms with E-state index >= 15 is 0 Å². The van der Waals surface area contributed by atoms with Crippen molar-refractivity contribution in [1.82, 2.24) is 0 Å². The summed E-state index contributed by atoms with van der Waals surface area (Å²) in [6.07, 6.45) is 2.34. The van der Waals surface area contributed by atoms with Crippen LogP contribution in [0.1, 0.15) is 13.3 Å². The zero-order chi connectivity index (χ0) is 8.85. The van der Waals surface area contributed by atoms with E-state index in [1.807, 2.05) is 0 Å². The van der Waals surface area contributed by atoms with Crippen LogP contribution in [-0.4, -0.2) is 12.1 Å². The van der Waals surface area contributed by atoms with E-state index in [1.165, 1.54) is 6.08 Å². The van der Waals surface area contributed by atoms with Crippen LogP contribution in [0.3, 0.4) is 0 Å². The van der Waals surface area contributed by atoms with Gasteiger partial charge >= 0.3 is 0 Å². The molecule has 0 amide bonds. The Hall–Kier alpha value is -1.18. The van der Waals surface area contributed by atoms with E-state index in [0.717, 1.165) is 0 Å². The zero-order valence-corrected chi connectivity index (χ0v) is 6.67. The number of Topliss-reactive ketones (excluding diaryl/α,β-unsaturated/α-hetero) is 1. The molecule has 0 aromatic carbocycles. The van der Waals surface area contributed by atoms with Gasteiger partial charge in [-0.25, -0.2) is 0 Å². The van der Waals surface area contributed by atoms with Crippen LogP contribution < -0.4 is 0 Å². The Bertz CT molecular complexity index is 192. The highest BCUT2D eigenvalue weighted by Crippen LogP contribution is 2.08. The Morgan fingerprint density at radius 1 is 1.64 bits per heavy atom. The average molecular weight is 152 g/mol. The molecule has 0 aromatic rings. The summed E-state index contributed by atoms with van der Waals surface area (Å²) in [5.41, 5.74) is 0.590. The first-order chi connectivity index (χ1) is 5.13. The van der Waals surface area contributed by atoms with E-state index in [1.54, 1.807) is 6.92 Å². The highest BCUT2D eigenvalue weighted by atomic mass is 16.1. The summed E-state index contributed by atoms with van der Waals surface area (Å²) in [6.45, 7) is 8.62. The van der Waals surface area contributed by atoms with Crippen LogP contribution in [-0.2, 0) is 9.59 Å². The zero-order valence-electron chi connectivity index (χ0n) is 6.67. The molecule has 0 saturated heterocycles. The van der Waals surface area contributed by atoms with Crippen LogP contribution in [0.15, 0.2) is 24.8 Å². The number of hydrogen-bond donors (Lipinski definition) is 0. The Morgan fingerprint density at radius 3 is 2.45 bits per heavy atom. The molecule has 2 heteroatoms. The van der Waals surface area contributed by atoms with E-state index in [0.29, 0.717) is 11.9 Å². The van der Waals surface area contributed by atoms with Crippen molar-refractivity contribution in [2.24, 2.45) is 5.92 Å². The Labute approximate surface area is 66.6 Å². The maximum atomic E-state index is 11.1. The molecule has 11 heavy (non-hydrogen) atoms. The summed E-state index contributed by atoms with van der Waals surface area (Å²) in [4.78, 5) is 21.4. The lowest BCUT2D eigenvalue weighted by atomic mass is 9.97. The summed E-state index contributed by atoms with van der Waals surface area (Å²) in [7, 11) is 0. The van der Waals surface area contributed by atoms with Gasteiger partial charge in [-0.05, 0) is 6.92 Å². The minimum Gasteiger partial charge on any atom is -0.302 e. The molecule has 2 nitrogen and oxygen atoms in total. The molecule has 0 fully saturated rings. The molecular weight excluding hydrogens is 140 g/mol. The van der Waals surface area contributed by atoms with E-state index in [-0.39, 0.29) is 12.2 Å². The normalized spacial score (nSPS) is 11.7. The average Bonchev–Trinajstić information content (AvgIpc) is 1.88. The number of ketones is 1. The summed E-state index contributed by atoms with van der Waals surface area (Å²) in [5, 5.41) is 0. The lowest BCUT2D eigenvalue weighted by Crippen LogP contribution is -2.15. The fraction of sp³-hybridized carbons (Fsp3) is 0.333. The first kappa shape index (κ1) is 9.82. The van der Waals surface area contributed by atoms with Gasteiger partial charge in [0.15, 0.2) is 5.78 Å². The molecule has 0 rings (SSSR count). The number of carbonyl (C=O) groups excluding carboxylic acids is 2.